The Bertz CT molecular complexity index is 737. The molecule has 0 unspecified atom stereocenters. The average molecular weight is 310 g/mol. The summed E-state index contributed by atoms with van der Waals surface area (Å²) in [4.78, 5) is 0. The average Bonchev–Trinajstić information content (AvgIpc) is 2.35. The van der Waals surface area contributed by atoms with E-state index in [1.165, 1.54) is 6.07 Å². The zero-order valence-electron chi connectivity index (χ0n) is 8.68. The summed E-state index contributed by atoms with van der Waals surface area (Å²) in [5.41, 5.74) is 0. The van der Waals surface area contributed by atoms with Gasteiger partial charge in [-0.2, -0.15) is 0 Å². The van der Waals surface area contributed by atoms with Crippen LogP contribution >= 0.6 is 27.5 Å². The Hall–Kier alpha value is -1.12. The lowest BCUT2D eigenvalue weighted by molar-refractivity contribution is 0.623. The van der Waals surface area contributed by atoms with Crippen molar-refractivity contribution in [3.8, 4) is 0 Å². The molecule has 84 valence electrons. The van der Waals surface area contributed by atoms with E-state index in [0.717, 1.165) is 21.5 Å². The summed E-state index contributed by atoms with van der Waals surface area (Å²) >= 11 is 9.38. The van der Waals surface area contributed by atoms with Crippen LogP contribution in [-0.4, -0.2) is 0 Å². The first-order chi connectivity index (χ1) is 8.18. The highest BCUT2D eigenvalue weighted by Gasteiger charge is 2.11. The van der Waals surface area contributed by atoms with Gasteiger partial charge in [0.05, 0.1) is 9.50 Å². The summed E-state index contributed by atoms with van der Waals surface area (Å²) in [5.74, 6) is -0.334. The van der Waals surface area contributed by atoms with Crippen molar-refractivity contribution in [1.29, 1.82) is 0 Å². The van der Waals surface area contributed by atoms with Crippen LogP contribution in [0.2, 0.25) is 5.02 Å². The van der Waals surface area contributed by atoms with Crippen LogP contribution in [0.15, 0.2) is 46.9 Å². The molecule has 0 atom stereocenters. The molecule has 0 spiro atoms. The normalized spacial score (nSPS) is 11.2. The van der Waals surface area contributed by atoms with Crippen LogP contribution < -0.4 is 0 Å². The zero-order valence-corrected chi connectivity index (χ0v) is 11.0. The molecule has 0 amide bonds. The van der Waals surface area contributed by atoms with Crippen molar-refractivity contribution < 1.29 is 4.39 Å². The second-order valence-electron chi connectivity index (χ2n) is 3.86. The molecule has 0 saturated carbocycles. The summed E-state index contributed by atoms with van der Waals surface area (Å²) in [6, 6.07) is 13.1. The topological polar surface area (TPSA) is 0 Å². The lowest BCUT2D eigenvalue weighted by atomic mass is 10.0. The van der Waals surface area contributed by atoms with E-state index in [4.69, 9.17) is 11.6 Å². The fraction of sp³-hybridized carbons (Fsp3) is 0. The van der Waals surface area contributed by atoms with E-state index < -0.39 is 0 Å². The molecule has 3 aromatic carbocycles. The molecule has 3 rings (SSSR count). The number of hydrogen-bond acceptors (Lipinski definition) is 0. The number of halogens is 3. The van der Waals surface area contributed by atoms with Gasteiger partial charge in [-0.25, -0.2) is 4.39 Å². The van der Waals surface area contributed by atoms with Gasteiger partial charge in [0.2, 0.25) is 0 Å². The molecule has 3 aromatic rings. The van der Waals surface area contributed by atoms with Gasteiger partial charge in [0.25, 0.3) is 0 Å². The Morgan fingerprint density at radius 1 is 1.00 bits per heavy atom. The van der Waals surface area contributed by atoms with Gasteiger partial charge >= 0.3 is 0 Å². The van der Waals surface area contributed by atoms with Crippen molar-refractivity contribution in [3.05, 3.63) is 57.8 Å². The Morgan fingerprint density at radius 2 is 1.76 bits per heavy atom. The monoisotopic (exact) mass is 308 g/mol. The fourth-order valence-corrected chi connectivity index (χ4v) is 2.87. The maximum absolute atomic E-state index is 13.7. The molecule has 0 fully saturated rings. The third-order valence-corrected chi connectivity index (χ3v) is 3.96. The molecule has 0 radical (unpaired) electrons. The Morgan fingerprint density at radius 3 is 2.59 bits per heavy atom. The number of fused-ring (bicyclic) bond motifs is 3. The Kier molecular flexibility index (Phi) is 2.57. The second kappa shape index (κ2) is 3.97. The molecule has 0 aliphatic rings. The van der Waals surface area contributed by atoms with Crippen molar-refractivity contribution in [2.45, 2.75) is 0 Å². The molecule has 0 nitrogen and oxygen atoms in total. The summed E-state index contributed by atoms with van der Waals surface area (Å²) in [6.45, 7) is 0. The minimum absolute atomic E-state index is 0.334. The standard InChI is InChI=1S/C14H7BrClF/c15-14-12(17)7-11(16)10-6-5-8-3-1-2-4-9(8)13(10)14/h1-7H. The van der Waals surface area contributed by atoms with Gasteiger partial charge in [0.15, 0.2) is 0 Å². The second-order valence-corrected chi connectivity index (χ2v) is 5.06. The maximum atomic E-state index is 13.7. The van der Waals surface area contributed by atoms with Crippen LogP contribution in [0.3, 0.4) is 0 Å². The van der Waals surface area contributed by atoms with Crippen LogP contribution in [0.1, 0.15) is 0 Å². The molecular weight excluding hydrogens is 303 g/mol. The van der Waals surface area contributed by atoms with Gasteiger partial charge in [-0.15, -0.1) is 0 Å². The lowest BCUT2D eigenvalue weighted by Gasteiger charge is -2.08. The molecule has 0 aromatic heterocycles. The van der Waals surface area contributed by atoms with E-state index in [0.29, 0.717) is 9.50 Å². The smallest absolute Gasteiger partial charge is 0.139 e. The minimum Gasteiger partial charge on any atom is -0.206 e. The van der Waals surface area contributed by atoms with Gasteiger partial charge < -0.3 is 0 Å². The predicted molar refractivity (Wildman–Crippen MR) is 74.1 cm³/mol. The summed E-state index contributed by atoms with van der Waals surface area (Å²) in [6.07, 6.45) is 0. The lowest BCUT2D eigenvalue weighted by Crippen LogP contribution is -1.85. The summed E-state index contributed by atoms with van der Waals surface area (Å²) in [5, 5.41) is 4.19. The highest BCUT2D eigenvalue weighted by molar-refractivity contribution is 9.10. The SMILES string of the molecule is Fc1cc(Cl)c2ccc3ccccc3c2c1Br. The van der Waals surface area contributed by atoms with Crippen molar-refractivity contribution in [3.63, 3.8) is 0 Å². The summed E-state index contributed by atoms with van der Waals surface area (Å²) < 4.78 is 14.2. The van der Waals surface area contributed by atoms with Crippen LogP contribution in [-0.2, 0) is 0 Å². The van der Waals surface area contributed by atoms with Crippen LogP contribution in [0.4, 0.5) is 4.39 Å². The molecular formula is C14H7BrClF. The largest absolute Gasteiger partial charge is 0.206 e. The molecule has 0 bridgehead atoms. The van der Waals surface area contributed by atoms with Crippen molar-refractivity contribution in [2.75, 3.05) is 0 Å². The van der Waals surface area contributed by atoms with E-state index in [9.17, 15) is 4.39 Å². The summed E-state index contributed by atoms with van der Waals surface area (Å²) in [7, 11) is 0. The zero-order chi connectivity index (χ0) is 12.0. The minimum atomic E-state index is -0.334. The van der Waals surface area contributed by atoms with E-state index in [-0.39, 0.29) is 5.82 Å². The Labute approximate surface area is 111 Å². The van der Waals surface area contributed by atoms with Gasteiger partial charge in [-0.05, 0) is 32.8 Å². The molecule has 0 N–H and O–H groups in total. The first-order valence-corrected chi connectivity index (χ1v) is 6.30. The highest BCUT2D eigenvalue weighted by atomic mass is 79.9. The quantitative estimate of drug-likeness (QED) is 0.377. The van der Waals surface area contributed by atoms with Crippen molar-refractivity contribution in [2.24, 2.45) is 0 Å². The van der Waals surface area contributed by atoms with E-state index in [2.05, 4.69) is 15.9 Å². The van der Waals surface area contributed by atoms with E-state index in [1.807, 2.05) is 36.4 Å². The third-order valence-electron chi connectivity index (χ3n) is 2.87. The van der Waals surface area contributed by atoms with Gasteiger partial charge in [-0.3, -0.25) is 0 Å². The molecule has 0 heterocycles. The van der Waals surface area contributed by atoms with Gasteiger partial charge in [-0.1, -0.05) is 48.0 Å². The molecule has 0 saturated heterocycles. The predicted octanol–water partition coefficient (Wildman–Crippen LogP) is 5.55. The fourth-order valence-electron chi connectivity index (χ4n) is 2.08. The first kappa shape index (κ1) is 11.0. The number of rotatable bonds is 0. The van der Waals surface area contributed by atoms with Crippen molar-refractivity contribution in [1.82, 2.24) is 0 Å². The number of benzene rings is 3. The first-order valence-electron chi connectivity index (χ1n) is 5.13. The molecule has 0 aliphatic carbocycles. The number of hydrogen-bond donors (Lipinski definition) is 0. The van der Waals surface area contributed by atoms with E-state index >= 15 is 0 Å². The molecule has 0 aliphatic heterocycles. The van der Waals surface area contributed by atoms with Crippen LogP contribution in [0.5, 0.6) is 0 Å². The van der Waals surface area contributed by atoms with Crippen LogP contribution in [0, 0.1) is 5.82 Å². The van der Waals surface area contributed by atoms with Crippen molar-refractivity contribution >= 4 is 49.1 Å². The molecule has 3 heteroatoms. The maximum Gasteiger partial charge on any atom is 0.139 e. The van der Waals surface area contributed by atoms with E-state index in [1.54, 1.807) is 0 Å². The Balaban J connectivity index is 2.65. The molecule has 17 heavy (non-hydrogen) atoms. The highest BCUT2D eigenvalue weighted by Crippen LogP contribution is 2.37. The van der Waals surface area contributed by atoms with Crippen LogP contribution in [0.25, 0.3) is 21.5 Å². The van der Waals surface area contributed by atoms with Gasteiger partial charge in [0.1, 0.15) is 5.82 Å². The third kappa shape index (κ3) is 1.63. The van der Waals surface area contributed by atoms with Gasteiger partial charge in [0, 0.05) is 10.8 Å².